The van der Waals surface area contributed by atoms with E-state index < -0.39 is 0 Å². The van der Waals surface area contributed by atoms with Gasteiger partial charge in [0.25, 0.3) is 5.91 Å². The number of nitrogens with one attached hydrogen (secondary N) is 2. The Labute approximate surface area is 147 Å². The van der Waals surface area contributed by atoms with Gasteiger partial charge in [0, 0.05) is 57.0 Å². The number of hydrogen-bond donors (Lipinski definition) is 2. The van der Waals surface area contributed by atoms with Crippen molar-refractivity contribution in [3.8, 4) is 0 Å². The number of rotatable bonds is 7. The van der Waals surface area contributed by atoms with E-state index in [1.165, 1.54) is 0 Å². The molecule has 25 heavy (non-hydrogen) atoms. The zero-order chi connectivity index (χ0) is 17.3. The predicted molar refractivity (Wildman–Crippen MR) is 95.4 cm³/mol. The normalized spacial score (nSPS) is 14.9. The standard InChI is InChI=1S/C18H23N5O2/c24-18(22-14-15-2-1-4-19-13-15)17-12-16(3-5-21-17)20-6-7-23-8-10-25-11-9-23/h1-5,12-13H,6-11,14H2,(H,20,21)(H,22,24). The Morgan fingerprint density at radius 3 is 2.92 bits per heavy atom. The minimum atomic E-state index is -0.194. The van der Waals surface area contributed by atoms with Gasteiger partial charge in [-0.1, -0.05) is 6.07 Å². The number of hydrogen-bond acceptors (Lipinski definition) is 6. The summed E-state index contributed by atoms with van der Waals surface area (Å²) < 4.78 is 5.34. The molecule has 0 aromatic carbocycles. The zero-order valence-electron chi connectivity index (χ0n) is 14.1. The van der Waals surface area contributed by atoms with Gasteiger partial charge in [0.2, 0.25) is 0 Å². The molecule has 0 atom stereocenters. The number of morpholine rings is 1. The second kappa shape index (κ2) is 9.10. The van der Waals surface area contributed by atoms with Crippen molar-refractivity contribution in [2.24, 2.45) is 0 Å². The molecule has 0 spiro atoms. The quantitative estimate of drug-likeness (QED) is 0.786. The van der Waals surface area contributed by atoms with Crippen molar-refractivity contribution >= 4 is 11.6 Å². The monoisotopic (exact) mass is 341 g/mol. The highest BCUT2D eigenvalue weighted by Gasteiger charge is 2.10. The molecular formula is C18H23N5O2. The number of aromatic nitrogens is 2. The number of carbonyl (C=O) groups is 1. The van der Waals surface area contributed by atoms with Crippen LogP contribution in [-0.4, -0.2) is 60.2 Å². The third-order valence-electron chi connectivity index (χ3n) is 4.03. The third kappa shape index (κ3) is 5.51. The maximum atomic E-state index is 12.2. The second-order valence-electron chi connectivity index (χ2n) is 5.85. The van der Waals surface area contributed by atoms with Crippen LogP contribution in [0.3, 0.4) is 0 Å². The van der Waals surface area contributed by atoms with Crippen molar-refractivity contribution in [3.05, 3.63) is 54.1 Å². The molecule has 0 saturated carbocycles. The highest BCUT2D eigenvalue weighted by molar-refractivity contribution is 5.93. The Morgan fingerprint density at radius 1 is 1.24 bits per heavy atom. The summed E-state index contributed by atoms with van der Waals surface area (Å²) in [4.78, 5) is 22.8. The summed E-state index contributed by atoms with van der Waals surface area (Å²) in [5, 5.41) is 6.21. The second-order valence-corrected chi connectivity index (χ2v) is 5.85. The van der Waals surface area contributed by atoms with Crippen LogP contribution in [0.15, 0.2) is 42.9 Å². The van der Waals surface area contributed by atoms with Gasteiger partial charge in [-0.2, -0.15) is 0 Å². The van der Waals surface area contributed by atoms with Crippen LogP contribution in [0, 0.1) is 0 Å². The average Bonchev–Trinajstić information content (AvgIpc) is 2.68. The van der Waals surface area contributed by atoms with Crippen LogP contribution >= 0.6 is 0 Å². The molecule has 2 aromatic rings. The van der Waals surface area contributed by atoms with Crippen molar-refractivity contribution in [3.63, 3.8) is 0 Å². The highest BCUT2D eigenvalue weighted by atomic mass is 16.5. The van der Waals surface area contributed by atoms with Crippen LogP contribution in [0.4, 0.5) is 5.69 Å². The summed E-state index contributed by atoms with van der Waals surface area (Å²) in [5.41, 5.74) is 2.26. The zero-order valence-corrected chi connectivity index (χ0v) is 14.1. The number of carbonyl (C=O) groups excluding carboxylic acids is 1. The summed E-state index contributed by atoms with van der Waals surface area (Å²) in [6.45, 7) is 5.76. The van der Waals surface area contributed by atoms with Crippen molar-refractivity contribution in [1.82, 2.24) is 20.2 Å². The van der Waals surface area contributed by atoms with E-state index in [2.05, 4.69) is 25.5 Å². The van der Waals surface area contributed by atoms with Gasteiger partial charge in [0.15, 0.2) is 0 Å². The van der Waals surface area contributed by atoms with E-state index in [0.717, 1.165) is 50.6 Å². The van der Waals surface area contributed by atoms with Gasteiger partial charge in [0.05, 0.1) is 13.2 Å². The van der Waals surface area contributed by atoms with Gasteiger partial charge in [-0.15, -0.1) is 0 Å². The minimum Gasteiger partial charge on any atom is -0.384 e. The molecule has 1 amide bonds. The number of anilines is 1. The molecule has 3 heterocycles. The van der Waals surface area contributed by atoms with Crippen LogP contribution in [0.2, 0.25) is 0 Å². The molecule has 1 aliphatic heterocycles. The summed E-state index contributed by atoms with van der Waals surface area (Å²) in [5.74, 6) is -0.194. The maximum absolute atomic E-state index is 12.2. The molecule has 2 aromatic heterocycles. The van der Waals surface area contributed by atoms with Crippen LogP contribution in [0.5, 0.6) is 0 Å². The SMILES string of the molecule is O=C(NCc1cccnc1)c1cc(NCCN2CCOCC2)ccn1. The van der Waals surface area contributed by atoms with E-state index in [9.17, 15) is 4.79 Å². The van der Waals surface area contributed by atoms with Gasteiger partial charge in [-0.3, -0.25) is 19.7 Å². The first-order valence-corrected chi connectivity index (χ1v) is 8.48. The summed E-state index contributed by atoms with van der Waals surface area (Å²) >= 11 is 0. The Kier molecular flexibility index (Phi) is 6.30. The number of ether oxygens (including phenoxy) is 1. The van der Waals surface area contributed by atoms with E-state index in [4.69, 9.17) is 4.74 Å². The fourth-order valence-electron chi connectivity index (χ4n) is 2.62. The molecule has 2 N–H and O–H groups in total. The first-order valence-electron chi connectivity index (χ1n) is 8.48. The molecule has 132 valence electrons. The van der Waals surface area contributed by atoms with Crippen molar-refractivity contribution < 1.29 is 9.53 Å². The summed E-state index contributed by atoms with van der Waals surface area (Å²) in [6.07, 6.45) is 5.09. The van der Waals surface area contributed by atoms with Gasteiger partial charge < -0.3 is 15.4 Å². The molecule has 0 radical (unpaired) electrons. The molecule has 0 unspecified atom stereocenters. The molecule has 3 rings (SSSR count). The third-order valence-corrected chi connectivity index (χ3v) is 4.03. The van der Waals surface area contributed by atoms with E-state index in [0.29, 0.717) is 12.2 Å². The van der Waals surface area contributed by atoms with E-state index in [1.807, 2.05) is 18.2 Å². The molecule has 0 aliphatic carbocycles. The highest BCUT2D eigenvalue weighted by Crippen LogP contribution is 2.08. The minimum absolute atomic E-state index is 0.194. The van der Waals surface area contributed by atoms with Gasteiger partial charge >= 0.3 is 0 Å². The topological polar surface area (TPSA) is 79.4 Å². The van der Waals surface area contributed by atoms with Crippen molar-refractivity contribution in [2.75, 3.05) is 44.7 Å². The average molecular weight is 341 g/mol. The maximum Gasteiger partial charge on any atom is 0.270 e. The molecule has 0 bridgehead atoms. The molecule has 1 fully saturated rings. The summed E-state index contributed by atoms with van der Waals surface area (Å²) in [6, 6.07) is 7.41. The van der Waals surface area contributed by atoms with Crippen molar-refractivity contribution in [1.29, 1.82) is 0 Å². The van der Waals surface area contributed by atoms with Crippen LogP contribution < -0.4 is 10.6 Å². The first-order chi connectivity index (χ1) is 12.3. The molecule has 1 saturated heterocycles. The molecule has 7 heteroatoms. The van der Waals surface area contributed by atoms with Gasteiger partial charge in [-0.25, -0.2) is 0 Å². The van der Waals surface area contributed by atoms with E-state index in [1.54, 1.807) is 24.7 Å². The summed E-state index contributed by atoms with van der Waals surface area (Å²) in [7, 11) is 0. The Hall–Kier alpha value is -2.51. The lowest BCUT2D eigenvalue weighted by Gasteiger charge is -2.26. The van der Waals surface area contributed by atoms with Crippen molar-refractivity contribution in [2.45, 2.75) is 6.54 Å². The Bertz CT molecular complexity index is 674. The predicted octanol–water partition coefficient (Wildman–Crippen LogP) is 1.15. The van der Waals surface area contributed by atoms with Gasteiger partial charge in [0.1, 0.15) is 5.69 Å². The fourth-order valence-corrected chi connectivity index (χ4v) is 2.62. The molecule has 7 nitrogen and oxygen atoms in total. The Balaban J connectivity index is 1.47. The smallest absolute Gasteiger partial charge is 0.270 e. The number of amides is 1. The van der Waals surface area contributed by atoms with Gasteiger partial charge in [-0.05, 0) is 23.8 Å². The van der Waals surface area contributed by atoms with Crippen LogP contribution in [0.1, 0.15) is 16.1 Å². The number of nitrogens with zero attached hydrogens (tertiary/aromatic N) is 3. The largest absolute Gasteiger partial charge is 0.384 e. The molecule has 1 aliphatic rings. The van der Waals surface area contributed by atoms with Crippen LogP contribution in [-0.2, 0) is 11.3 Å². The number of pyridine rings is 2. The lowest BCUT2D eigenvalue weighted by molar-refractivity contribution is 0.0398. The molecular weight excluding hydrogens is 318 g/mol. The lowest BCUT2D eigenvalue weighted by atomic mass is 10.2. The van der Waals surface area contributed by atoms with E-state index >= 15 is 0 Å². The first kappa shape index (κ1) is 17.3. The Morgan fingerprint density at radius 2 is 2.12 bits per heavy atom. The fraction of sp³-hybridized carbons (Fsp3) is 0.389. The lowest BCUT2D eigenvalue weighted by Crippen LogP contribution is -2.39. The van der Waals surface area contributed by atoms with E-state index in [-0.39, 0.29) is 5.91 Å². The van der Waals surface area contributed by atoms with Crippen LogP contribution in [0.25, 0.3) is 0 Å².